The van der Waals surface area contributed by atoms with Gasteiger partial charge < -0.3 is 10.0 Å². The van der Waals surface area contributed by atoms with E-state index in [1.807, 2.05) is 0 Å². The molecule has 2 rings (SSSR count). The number of halogens is 1. The van der Waals surface area contributed by atoms with Crippen molar-refractivity contribution >= 4 is 23.2 Å². The van der Waals surface area contributed by atoms with Crippen molar-refractivity contribution in [2.75, 3.05) is 19.7 Å². The Morgan fingerprint density at radius 1 is 1.56 bits per heavy atom. The van der Waals surface area contributed by atoms with Crippen LogP contribution in [0.5, 0.6) is 0 Å². The second-order valence-electron chi connectivity index (χ2n) is 4.18. The summed E-state index contributed by atoms with van der Waals surface area (Å²) >= 11 is 5.68. The molecule has 6 nitrogen and oxygen atoms in total. The number of benzene rings is 1. The maximum Gasteiger partial charge on any atom is 0.283 e. The molecule has 0 aromatic heterocycles. The van der Waals surface area contributed by atoms with Crippen LogP contribution in [0.2, 0.25) is 5.02 Å². The number of carbonyl (C=O) groups is 1. The molecule has 0 atom stereocenters. The zero-order valence-electron chi connectivity index (χ0n) is 9.38. The minimum Gasteiger partial charge on any atom is -0.396 e. The number of hydrogen-bond donors (Lipinski definition) is 1. The summed E-state index contributed by atoms with van der Waals surface area (Å²) in [5, 5.41) is 20.0. The van der Waals surface area contributed by atoms with Gasteiger partial charge in [-0.25, -0.2) is 0 Å². The first-order valence-corrected chi connectivity index (χ1v) is 5.74. The van der Waals surface area contributed by atoms with Crippen molar-refractivity contribution in [3.8, 4) is 0 Å². The zero-order chi connectivity index (χ0) is 13.3. The van der Waals surface area contributed by atoms with Crippen LogP contribution in [0.3, 0.4) is 0 Å². The highest BCUT2D eigenvalue weighted by Crippen LogP contribution is 2.27. The van der Waals surface area contributed by atoms with Gasteiger partial charge in [-0.2, -0.15) is 0 Å². The van der Waals surface area contributed by atoms with Gasteiger partial charge in [-0.3, -0.25) is 14.9 Å². The Bertz CT molecular complexity index is 500. The van der Waals surface area contributed by atoms with Gasteiger partial charge in [0.05, 0.1) is 4.92 Å². The summed E-state index contributed by atoms with van der Waals surface area (Å²) in [4.78, 5) is 23.7. The molecule has 0 radical (unpaired) electrons. The molecule has 1 N–H and O–H groups in total. The van der Waals surface area contributed by atoms with Gasteiger partial charge in [0.2, 0.25) is 0 Å². The van der Waals surface area contributed by atoms with Crippen molar-refractivity contribution in [1.82, 2.24) is 4.90 Å². The predicted octanol–water partition coefficient (Wildman–Crippen LogP) is 1.31. The smallest absolute Gasteiger partial charge is 0.283 e. The topological polar surface area (TPSA) is 83.7 Å². The Labute approximate surface area is 108 Å². The Kier molecular flexibility index (Phi) is 3.49. The molecule has 1 aromatic carbocycles. The molecular weight excluding hydrogens is 260 g/mol. The van der Waals surface area contributed by atoms with Crippen LogP contribution in [0, 0.1) is 16.0 Å². The summed E-state index contributed by atoms with van der Waals surface area (Å²) in [6, 6.07) is 3.97. The first-order chi connectivity index (χ1) is 8.52. The Balaban J connectivity index is 2.23. The lowest BCUT2D eigenvalue weighted by Crippen LogP contribution is -2.51. The van der Waals surface area contributed by atoms with Crippen molar-refractivity contribution in [2.24, 2.45) is 5.92 Å². The van der Waals surface area contributed by atoms with Crippen LogP contribution in [0.4, 0.5) is 5.69 Å². The molecule has 96 valence electrons. The van der Waals surface area contributed by atoms with Gasteiger partial charge in [-0.05, 0) is 12.1 Å². The average Bonchev–Trinajstić information content (AvgIpc) is 2.27. The van der Waals surface area contributed by atoms with Crippen LogP contribution < -0.4 is 0 Å². The van der Waals surface area contributed by atoms with E-state index in [2.05, 4.69) is 0 Å². The largest absolute Gasteiger partial charge is 0.396 e. The summed E-state index contributed by atoms with van der Waals surface area (Å²) in [5.74, 6) is -0.330. The van der Waals surface area contributed by atoms with Gasteiger partial charge in [0.1, 0.15) is 5.56 Å². The number of hydrogen-bond acceptors (Lipinski definition) is 4. The number of aliphatic hydroxyl groups is 1. The van der Waals surface area contributed by atoms with E-state index in [0.717, 1.165) is 6.07 Å². The quantitative estimate of drug-likeness (QED) is 0.663. The highest BCUT2D eigenvalue weighted by molar-refractivity contribution is 6.31. The highest BCUT2D eigenvalue weighted by atomic mass is 35.5. The Morgan fingerprint density at radius 2 is 2.22 bits per heavy atom. The van der Waals surface area contributed by atoms with Crippen LogP contribution in [0.15, 0.2) is 18.2 Å². The number of nitro benzene ring substituents is 1. The maximum atomic E-state index is 12.0. The van der Waals surface area contributed by atoms with Crippen molar-refractivity contribution in [1.29, 1.82) is 0 Å². The molecule has 1 aliphatic rings. The molecule has 1 amide bonds. The third kappa shape index (κ3) is 2.30. The number of carbonyl (C=O) groups excluding carboxylic acids is 1. The van der Waals surface area contributed by atoms with Gasteiger partial charge in [-0.1, -0.05) is 11.6 Å². The van der Waals surface area contributed by atoms with Crippen LogP contribution in [0.1, 0.15) is 10.4 Å². The van der Waals surface area contributed by atoms with Crippen molar-refractivity contribution in [3.63, 3.8) is 0 Å². The number of nitro groups is 1. The number of nitrogens with zero attached hydrogens (tertiary/aromatic N) is 2. The van der Waals surface area contributed by atoms with Crippen molar-refractivity contribution in [3.05, 3.63) is 38.9 Å². The molecule has 1 fully saturated rings. The third-order valence-corrected chi connectivity index (χ3v) is 3.12. The Morgan fingerprint density at radius 3 is 2.78 bits per heavy atom. The lowest BCUT2D eigenvalue weighted by Gasteiger charge is -2.38. The van der Waals surface area contributed by atoms with Crippen molar-refractivity contribution < 1.29 is 14.8 Å². The minimum absolute atomic E-state index is 0.0203. The molecule has 1 aliphatic heterocycles. The molecule has 7 heteroatoms. The standard InChI is InChI=1S/C11H11ClN2O4/c12-8-1-2-9(10(3-8)14(17)18)11(16)13-4-7(5-13)6-15/h1-3,7,15H,4-6H2. The van der Waals surface area contributed by atoms with E-state index < -0.39 is 10.8 Å². The molecule has 1 heterocycles. The fraction of sp³-hybridized carbons (Fsp3) is 0.364. The highest BCUT2D eigenvalue weighted by Gasteiger charge is 2.33. The summed E-state index contributed by atoms with van der Waals surface area (Å²) in [5.41, 5.74) is -0.263. The molecule has 1 aromatic rings. The SMILES string of the molecule is O=C(c1ccc(Cl)cc1[N+](=O)[O-])N1CC(CO)C1. The number of likely N-dealkylation sites (tertiary alicyclic amines) is 1. The molecule has 0 bridgehead atoms. The minimum atomic E-state index is -0.623. The van der Waals surface area contributed by atoms with Crippen LogP contribution in [0.25, 0.3) is 0 Å². The summed E-state index contributed by atoms with van der Waals surface area (Å²) < 4.78 is 0. The van der Waals surface area contributed by atoms with E-state index in [0.29, 0.717) is 13.1 Å². The van der Waals surface area contributed by atoms with Gasteiger partial charge in [0.25, 0.3) is 11.6 Å². The maximum absolute atomic E-state index is 12.0. The molecule has 18 heavy (non-hydrogen) atoms. The van der Waals surface area contributed by atoms with E-state index in [1.165, 1.54) is 17.0 Å². The lowest BCUT2D eigenvalue weighted by atomic mass is 9.99. The van der Waals surface area contributed by atoms with Gasteiger partial charge >= 0.3 is 0 Å². The van der Waals surface area contributed by atoms with Crippen LogP contribution in [-0.4, -0.2) is 40.5 Å². The second-order valence-corrected chi connectivity index (χ2v) is 4.61. The second kappa shape index (κ2) is 4.91. The van der Waals surface area contributed by atoms with E-state index in [9.17, 15) is 14.9 Å². The molecule has 0 spiro atoms. The van der Waals surface area contributed by atoms with E-state index in [4.69, 9.17) is 16.7 Å². The summed E-state index contributed by atoms with van der Waals surface area (Å²) in [6.07, 6.45) is 0. The fourth-order valence-corrected chi connectivity index (χ4v) is 2.02. The molecule has 1 saturated heterocycles. The zero-order valence-corrected chi connectivity index (χ0v) is 10.1. The Hall–Kier alpha value is -1.66. The average molecular weight is 271 g/mol. The number of rotatable bonds is 3. The van der Waals surface area contributed by atoms with Gasteiger partial charge in [0, 0.05) is 36.7 Å². The van der Waals surface area contributed by atoms with Crippen molar-refractivity contribution in [2.45, 2.75) is 0 Å². The molecule has 0 unspecified atom stereocenters. The van der Waals surface area contributed by atoms with Gasteiger partial charge in [-0.15, -0.1) is 0 Å². The van der Waals surface area contributed by atoms with Gasteiger partial charge in [0.15, 0.2) is 0 Å². The third-order valence-electron chi connectivity index (χ3n) is 2.89. The summed E-state index contributed by atoms with van der Waals surface area (Å²) in [7, 11) is 0. The van der Waals surface area contributed by atoms with Crippen LogP contribution in [-0.2, 0) is 0 Å². The fourth-order valence-electron chi connectivity index (χ4n) is 1.86. The first-order valence-electron chi connectivity index (χ1n) is 5.37. The van der Waals surface area contributed by atoms with E-state index in [1.54, 1.807) is 0 Å². The summed E-state index contributed by atoms with van der Waals surface area (Å²) in [6.45, 7) is 0.872. The van der Waals surface area contributed by atoms with E-state index >= 15 is 0 Å². The predicted molar refractivity (Wildman–Crippen MR) is 64.6 cm³/mol. The molecule has 0 saturated carbocycles. The molecular formula is C11H11ClN2O4. The monoisotopic (exact) mass is 270 g/mol. The first kappa shape index (κ1) is 12.8. The number of aliphatic hydroxyl groups excluding tert-OH is 1. The number of amides is 1. The van der Waals surface area contributed by atoms with E-state index in [-0.39, 0.29) is 28.8 Å². The lowest BCUT2D eigenvalue weighted by molar-refractivity contribution is -0.385. The molecule has 0 aliphatic carbocycles. The van der Waals surface area contributed by atoms with Crippen LogP contribution >= 0.6 is 11.6 Å². The normalized spacial score (nSPS) is 15.3.